The van der Waals surface area contributed by atoms with Gasteiger partial charge in [-0.25, -0.2) is 9.59 Å². The minimum Gasteiger partial charge on any atom is -0.479 e. The van der Waals surface area contributed by atoms with Crippen LogP contribution < -0.4 is 5.32 Å². The second kappa shape index (κ2) is 7.37. The first kappa shape index (κ1) is 18.3. The average Bonchev–Trinajstić information content (AvgIpc) is 3.43. The van der Waals surface area contributed by atoms with Crippen molar-refractivity contribution in [1.29, 1.82) is 0 Å². The molecule has 1 heterocycles. The molecule has 0 spiro atoms. The summed E-state index contributed by atoms with van der Waals surface area (Å²) in [6.07, 6.45) is 2.14. The van der Waals surface area contributed by atoms with E-state index < -0.39 is 17.6 Å². The molecular weight excluding hydrogens is 358 g/mol. The first-order valence-corrected chi connectivity index (χ1v) is 8.70. The van der Waals surface area contributed by atoms with Crippen LogP contribution in [-0.4, -0.2) is 32.5 Å². The lowest BCUT2D eigenvalue weighted by Crippen LogP contribution is -2.59. The topological polar surface area (TPSA) is 93.5 Å². The number of carboxylic acid groups (broad SMARTS) is 1. The summed E-state index contributed by atoms with van der Waals surface area (Å²) in [5.74, 6) is -1.28. The van der Waals surface area contributed by atoms with Crippen molar-refractivity contribution in [3.63, 3.8) is 0 Å². The number of carbonyl (C=O) groups excluding carboxylic acids is 1. The SMILES string of the molecule is Cc1c(Cl)cnn1CC(NC(=O)OCc1ccccc1)(C(=O)O)C1CC1. The van der Waals surface area contributed by atoms with E-state index in [4.69, 9.17) is 16.3 Å². The third-order valence-corrected chi connectivity index (χ3v) is 5.01. The Morgan fingerprint density at radius 2 is 2.08 bits per heavy atom. The maximum absolute atomic E-state index is 12.3. The van der Waals surface area contributed by atoms with E-state index in [1.54, 1.807) is 6.92 Å². The van der Waals surface area contributed by atoms with Gasteiger partial charge in [-0.1, -0.05) is 41.9 Å². The summed E-state index contributed by atoms with van der Waals surface area (Å²) in [4.78, 5) is 24.4. The van der Waals surface area contributed by atoms with Crippen molar-refractivity contribution in [3.8, 4) is 0 Å². The number of rotatable bonds is 7. The molecule has 1 fully saturated rings. The fraction of sp³-hybridized carbons (Fsp3) is 0.389. The molecule has 2 aromatic rings. The molecule has 1 atom stereocenters. The normalized spacial score (nSPS) is 15.9. The van der Waals surface area contributed by atoms with Crippen molar-refractivity contribution < 1.29 is 19.4 Å². The van der Waals surface area contributed by atoms with Crippen LogP contribution in [0.4, 0.5) is 4.79 Å². The molecule has 1 aliphatic rings. The smallest absolute Gasteiger partial charge is 0.408 e. The standard InChI is InChI=1S/C18H20ClN3O4/c1-12-15(19)9-20-22(12)11-18(16(23)24,14-7-8-14)21-17(25)26-10-13-5-3-2-4-6-13/h2-6,9,14H,7-8,10-11H2,1H3,(H,21,25)(H,23,24). The van der Waals surface area contributed by atoms with Crippen LogP contribution in [-0.2, 0) is 22.7 Å². The monoisotopic (exact) mass is 377 g/mol. The van der Waals surface area contributed by atoms with Crippen molar-refractivity contribution in [2.45, 2.75) is 38.5 Å². The highest BCUT2D eigenvalue weighted by atomic mass is 35.5. The molecular formula is C18H20ClN3O4. The third kappa shape index (κ3) is 3.83. The van der Waals surface area contributed by atoms with Gasteiger partial charge in [-0.2, -0.15) is 5.10 Å². The van der Waals surface area contributed by atoms with E-state index in [1.165, 1.54) is 10.9 Å². The summed E-state index contributed by atoms with van der Waals surface area (Å²) in [5.41, 5.74) is -0.00413. The molecule has 0 radical (unpaired) electrons. The number of alkyl carbamates (subject to hydrolysis) is 1. The van der Waals surface area contributed by atoms with Crippen LogP contribution in [0.1, 0.15) is 24.1 Å². The Balaban J connectivity index is 1.74. The van der Waals surface area contributed by atoms with E-state index in [2.05, 4.69) is 10.4 Å². The van der Waals surface area contributed by atoms with Crippen LogP contribution in [0, 0.1) is 12.8 Å². The molecule has 1 aromatic carbocycles. The van der Waals surface area contributed by atoms with Crippen LogP contribution >= 0.6 is 11.6 Å². The Kier molecular flexibility index (Phi) is 5.18. The van der Waals surface area contributed by atoms with Crippen molar-refractivity contribution >= 4 is 23.7 Å². The maximum atomic E-state index is 12.3. The number of ether oxygens (including phenoxy) is 1. The number of halogens is 1. The number of carbonyl (C=O) groups is 2. The fourth-order valence-electron chi connectivity index (χ4n) is 2.90. The van der Waals surface area contributed by atoms with Gasteiger partial charge < -0.3 is 15.2 Å². The van der Waals surface area contributed by atoms with Crippen molar-refractivity contribution in [2.75, 3.05) is 0 Å². The van der Waals surface area contributed by atoms with Gasteiger partial charge in [0.05, 0.1) is 23.5 Å². The summed E-state index contributed by atoms with van der Waals surface area (Å²) in [5, 5.41) is 17.0. The number of aliphatic carboxylic acids is 1. The van der Waals surface area contributed by atoms with Crippen LogP contribution in [0.25, 0.3) is 0 Å². The number of nitrogens with one attached hydrogen (secondary N) is 1. The van der Waals surface area contributed by atoms with E-state index in [0.29, 0.717) is 10.7 Å². The molecule has 1 aliphatic carbocycles. The molecule has 138 valence electrons. The quantitative estimate of drug-likeness (QED) is 0.773. The van der Waals surface area contributed by atoms with Crippen LogP contribution in [0.5, 0.6) is 0 Å². The molecule has 8 heteroatoms. The maximum Gasteiger partial charge on any atom is 0.408 e. The number of hydrogen-bond donors (Lipinski definition) is 2. The van der Waals surface area contributed by atoms with Gasteiger partial charge in [-0.15, -0.1) is 0 Å². The molecule has 0 saturated heterocycles. The highest BCUT2D eigenvalue weighted by Gasteiger charge is 2.53. The number of carboxylic acids is 1. The van der Waals surface area contributed by atoms with Crippen molar-refractivity contribution in [2.24, 2.45) is 5.92 Å². The lowest BCUT2D eigenvalue weighted by molar-refractivity contribution is -0.146. The van der Waals surface area contributed by atoms with E-state index in [0.717, 1.165) is 18.4 Å². The lowest BCUT2D eigenvalue weighted by atomic mass is 9.93. The highest BCUT2D eigenvalue weighted by molar-refractivity contribution is 6.31. The highest BCUT2D eigenvalue weighted by Crippen LogP contribution is 2.41. The zero-order chi connectivity index (χ0) is 18.7. The fourth-order valence-corrected chi connectivity index (χ4v) is 3.04. The largest absolute Gasteiger partial charge is 0.479 e. The van der Waals surface area contributed by atoms with Gasteiger partial charge in [0.1, 0.15) is 6.61 Å². The van der Waals surface area contributed by atoms with Gasteiger partial charge in [0, 0.05) is 0 Å². The summed E-state index contributed by atoms with van der Waals surface area (Å²) >= 11 is 6.01. The summed E-state index contributed by atoms with van der Waals surface area (Å²) in [6, 6.07) is 9.20. The van der Waals surface area contributed by atoms with Crippen LogP contribution in [0.15, 0.2) is 36.5 Å². The molecule has 0 aliphatic heterocycles. The molecule has 1 aromatic heterocycles. The molecule has 26 heavy (non-hydrogen) atoms. The Hall–Kier alpha value is -2.54. The number of aromatic nitrogens is 2. The van der Waals surface area contributed by atoms with Crippen molar-refractivity contribution in [3.05, 3.63) is 52.8 Å². The van der Waals surface area contributed by atoms with Gasteiger partial charge in [0.15, 0.2) is 5.54 Å². The van der Waals surface area contributed by atoms with Gasteiger partial charge in [0.25, 0.3) is 0 Å². The predicted molar refractivity (Wildman–Crippen MR) is 94.8 cm³/mol. The van der Waals surface area contributed by atoms with Crippen LogP contribution in [0.2, 0.25) is 5.02 Å². The predicted octanol–water partition coefficient (Wildman–Crippen LogP) is 3.00. The zero-order valence-electron chi connectivity index (χ0n) is 14.3. The minimum absolute atomic E-state index is 0.00795. The van der Waals surface area contributed by atoms with Gasteiger partial charge in [0.2, 0.25) is 0 Å². The number of nitrogens with zero attached hydrogens (tertiary/aromatic N) is 2. The molecule has 0 bridgehead atoms. The van der Waals surface area contributed by atoms with Crippen LogP contribution in [0.3, 0.4) is 0 Å². The molecule has 3 rings (SSSR count). The first-order valence-electron chi connectivity index (χ1n) is 8.32. The Bertz CT molecular complexity index is 804. The second-order valence-corrected chi connectivity index (χ2v) is 6.88. The van der Waals surface area contributed by atoms with Gasteiger partial charge >= 0.3 is 12.1 Å². The first-order chi connectivity index (χ1) is 12.4. The van der Waals surface area contributed by atoms with Gasteiger partial charge in [-0.3, -0.25) is 4.68 Å². The Morgan fingerprint density at radius 3 is 2.62 bits per heavy atom. The van der Waals surface area contributed by atoms with E-state index >= 15 is 0 Å². The van der Waals surface area contributed by atoms with Crippen molar-refractivity contribution in [1.82, 2.24) is 15.1 Å². The zero-order valence-corrected chi connectivity index (χ0v) is 15.1. The average molecular weight is 378 g/mol. The summed E-state index contributed by atoms with van der Waals surface area (Å²) in [6.45, 7) is 1.81. The number of hydrogen-bond acceptors (Lipinski definition) is 4. The Morgan fingerprint density at radius 1 is 1.38 bits per heavy atom. The molecule has 7 nitrogen and oxygen atoms in total. The van der Waals surface area contributed by atoms with E-state index in [1.807, 2.05) is 30.3 Å². The van der Waals surface area contributed by atoms with Gasteiger partial charge in [-0.05, 0) is 31.2 Å². The second-order valence-electron chi connectivity index (χ2n) is 6.47. The minimum atomic E-state index is -1.48. The summed E-state index contributed by atoms with van der Waals surface area (Å²) in [7, 11) is 0. The molecule has 1 amide bonds. The van der Waals surface area contributed by atoms with E-state index in [-0.39, 0.29) is 19.1 Å². The molecule has 2 N–H and O–H groups in total. The van der Waals surface area contributed by atoms with E-state index in [9.17, 15) is 14.7 Å². The lowest BCUT2D eigenvalue weighted by Gasteiger charge is -2.30. The third-order valence-electron chi connectivity index (χ3n) is 4.64. The summed E-state index contributed by atoms with van der Waals surface area (Å²) < 4.78 is 6.72. The molecule has 1 unspecified atom stereocenters. The Labute approximate surface area is 155 Å². The number of amides is 1. The number of benzene rings is 1. The molecule has 1 saturated carbocycles.